The van der Waals surface area contributed by atoms with Crippen molar-refractivity contribution >= 4 is 34.8 Å². The van der Waals surface area contributed by atoms with Crippen molar-refractivity contribution < 1.29 is 23.1 Å². The van der Waals surface area contributed by atoms with E-state index in [1.165, 1.54) is 24.3 Å². The number of aliphatic hydroxyl groups is 1. The molecule has 0 aliphatic carbocycles. The van der Waals surface area contributed by atoms with E-state index >= 15 is 0 Å². The predicted molar refractivity (Wildman–Crippen MR) is 121 cm³/mol. The number of anilines is 1. The maximum atomic E-state index is 13.8. The Morgan fingerprint density at radius 1 is 1.06 bits per heavy atom. The van der Waals surface area contributed by atoms with Crippen LogP contribution in [-0.4, -0.2) is 28.7 Å². The molecule has 174 valence electrons. The Balaban J connectivity index is 1.74. The summed E-state index contributed by atoms with van der Waals surface area (Å²) in [7, 11) is 0. The van der Waals surface area contributed by atoms with Gasteiger partial charge in [0.05, 0.1) is 18.8 Å². The minimum Gasteiger partial charge on any atom is -0.381 e. The lowest BCUT2D eigenvalue weighted by Crippen LogP contribution is -2.47. The van der Waals surface area contributed by atoms with Gasteiger partial charge in [-0.25, -0.2) is 0 Å². The second kappa shape index (κ2) is 9.99. The number of nitrogens with one attached hydrogen (secondary N) is 2. The summed E-state index contributed by atoms with van der Waals surface area (Å²) in [5.74, 6) is -0.343. The van der Waals surface area contributed by atoms with Crippen LogP contribution in [0.25, 0.3) is 0 Å². The van der Waals surface area contributed by atoms with Gasteiger partial charge in [-0.05, 0) is 66.6 Å². The van der Waals surface area contributed by atoms with Crippen LogP contribution in [0, 0.1) is 6.92 Å². The van der Waals surface area contributed by atoms with E-state index in [4.69, 9.17) is 23.2 Å². The number of pyridine rings is 1. The lowest BCUT2D eigenvalue weighted by atomic mass is 9.92. The van der Waals surface area contributed by atoms with Gasteiger partial charge in [0.1, 0.15) is 0 Å². The average molecular weight is 498 g/mol. The normalized spacial score (nSPS) is 13.3. The highest BCUT2D eigenvalue weighted by Crippen LogP contribution is 2.41. The SMILES string of the molecule is Cc1cc(NCC(O)(c2cc(Cl)cc(Cl)c2)C(F)(F)F)ccc1C(=O)NCc1ccccn1. The number of carbonyl (C=O) groups excluding carboxylic acids is 1. The van der Waals surface area contributed by atoms with Crippen LogP contribution >= 0.6 is 23.2 Å². The minimum absolute atomic E-state index is 0.0305. The lowest BCUT2D eigenvalue weighted by molar-refractivity contribution is -0.260. The zero-order valence-corrected chi connectivity index (χ0v) is 18.9. The molecule has 0 aliphatic heterocycles. The number of benzene rings is 2. The first-order valence-corrected chi connectivity index (χ1v) is 10.5. The van der Waals surface area contributed by atoms with E-state index in [2.05, 4.69) is 15.6 Å². The molecular formula is C23H20Cl2F3N3O2. The molecule has 33 heavy (non-hydrogen) atoms. The van der Waals surface area contributed by atoms with Gasteiger partial charge < -0.3 is 15.7 Å². The molecule has 2 aromatic carbocycles. The molecule has 1 unspecified atom stereocenters. The Morgan fingerprint density at radius 2 is 1.76 bits per heavy atom. The van der Waals surface area contributed by atoms with Gasteiger partial charge in [0.15, 0.2) is 0 Å². The summed E-state index contributed by atoms with van der Waals surface area (Å²) >= 11 is 11.7. The average Bonchev–Trinajstić information content (AvgIpc) is 2.75. The number of rotatable bonds is 7. The summed E-state index contributed by atoms with van der Waals surface area (Å²) in [4.78, 5) is 16.6. The van der Waals surface area contributed by atoms with Crippen LogP contribution in [0.3, 0.4) is 0 Å². The molecule has 1 aromatic heterocycles. The quantitative estimate of drug-likeness (QED) is 0.403. The largest absolute Gasteiger partial charge is 0.423 e. The molecule has 1 amide bonds. The molecule has 0 radical (unpaired) electrons. The Hall–Kier alpha value is -2.81. The molecule has 0 saturated heterocycles. The number of alkyl halides is 3. The number of halogens is 5. The molecule has 10 heteroatoms. The molecule has 3 aromatic rings. The molecule has 0 spiro atoms. The number of nitrogens with zero attached hydrogens (tertiary/aromatic N) is 1. The van der Waals surface area contributed by atoms with Crippen molar-refractivity contribution in [2.75, 3.05) is 11.9 Å². The molecule has 0 aliphatic rings. The molecule has 5 nitrogen and oxygen atoms in total. The predicted octanol–water partition coefficient (Wildman–Crippen LogP) is 5.49. The third kappa shape index (κ3) is 5.96. The Bertz CT molecular complexity index is 1120. The second-order valence-electron chi connectivity index (χ2n) is 7.40. The van der Waals surface area contributed by atoms with E-state index in [0.29, 0.717) is 22.5 Å². The molecule has 0 bridgehead atoms. The highest BCUT2D eigenvalue weighted by Gasteiger charge is 2.55. The Morgan fingerprint density at radius 3 is 2.33 bits per heavy atom. The van der Waals surface area contributed by atoms with Crippen molar-refractivity contribution in [3.63, 3.8) is 0 Å². The summed E-state index contributed by atoms with van der Waals surface area (Å²) in [5, 5.41) is 15.8. The summed E-state index contributed by atoms with van der Waals surface area (Å²) in [6.45, 7) is 1.01. The molecule has 3 N–H and O–H groups in total. The van der Waals surface area contributed by atoms with Crippen molar-refractivity contribution in [2.24, 2.45) is 0 Å². The first-order valence-electron chi connectivity index (χ1n) is 9.78. The number of hydrogen-bond donors (Lipinski definition) is 3. The third-order valence-electron chi connectivity index (χ3n) is 4.98. The van der Waals surface area contributed by atoms with Crippen molar-refractivity contribution in [1.29, 1.82) is 0 Å². The number of aryl methyl sites for hydroxylation is 1. The molecular weight excluding hydrogens is 478 g/mol. The summed E-state index contributed by atoms with van der Waals surface area (Å²) in [6.07, 6.45) is -3.39. The minimum atomic E-state index is -5.01. The number of hydrogen-bond acceptors (Lipinski definition) is 4. The number of aromatic nitrogens is 1. The van der Waals surface area contributed by atoms with Crippen LogP contribution in [0.15, 0.2) is 60.8 Å². The zero-order chi connectivity index (χ0) is 24.2. The van der Waals surface area contributed by atoms with E-state index in [1.807, 2.05) is 0 Å². The topological polar surface area (TPSA) is 74.2 Å². The van der Waals surface area contributed by atoms with Crippen LogP contribution in [0.2, 0.25) is 10.0 Å². The number of amides is 1. The van der Waals surface area contributed by atoms with Crippen LogP contribution < -0.4 is 10.6 Å². The third-order valence-corrected chi connectivity index (χ3v) is 5.42. The summed E-state index contributed by atoms with van der Waals surface area (Å²) in [5.41, 5.74) is -1.83. The molecule has 0 saturated carbocycles. The van der Waals surface area contributed by atoms with Gasteiger partial charge in [0.25, 0.3) is 5.91 Å². The van der Waals surface area contributed by atoms with Crippen molar-refractivity contribution in [3.05, 3.63) is 93.2 Å². The number of carbonyl (C=O) groups is 1. The fourth-order valence-electron chi connectivity index (χ4n) is 3.19. The maximum Gasteiger partial charge on any atom is 0.423 e. The van der Waals surface area contributed by atoms with Gasteiger partial charge >= 0.3 is 6.18 Å². The van der Waals surface area contributed by atoms with E-state index in [-0.39, 0.29) is 22.5 Å². The van der Waals surface area contributed by atoms with Crippen molar-refractivity contribution in [2.45, 2.75) is 25.2 Å². The summed E-state index contributed by atoms with van der Waals surface area (Å²) < 4.78 is 41.4. The van der Waals surface area contributed by atoms with Gasteiger partial charge in [-0.2, -0.15) is 13.2 Å². The van der Waals surface area contributed by atoms with Crippen molar-refractivity contribution in [1.82, 2.24) is 10.3 Å². The van der Waals surface area contributed by atoms with Crippen LogP contribution in [-0.2, 0) is 12.1 Å². The first kappa shape index (κ1) is 24.8. The van der Waals surface area contributed by atoms with Crippen LogP contribution in [0.1, 0.15) is 27.2 Å². The van der Waals surface area contributed by atoms with E-state index < -0.39 is 23.9 Å². The van der Waals surface area contributed by atoms with Gasteiger partial charge in [-0.1, -0.05) is 29.3 Å². The maximum absolute atomic E-state index is 13.8. The van der Waals surface area contributed by atoms with E-state index in [0.717, 1.165) is 12.1 Å². The van der Waals surface area contributed by atoms with Crippen molar-refractivity contribution in [3.8, 4) is 0 Å². The monoisotopic (exact) mass is 497 g/mol. The zero-order valence-electron chi connectivity index (χ0n) is 17.4. The van der Waals surface area contributed by atoms with Gasteiger partial charge in [-0.3, -0.25) is 9.78 Å². The van der Waals surface area contributed by atoms with E-state index in [9.17, 15) is 23.1 Å². The molecule has 0 fully saturated rings. The lowest BCUT2D eigenvalue weighted by Gasteiger charge is -2.32. The van der Waals surface area contributed by atoms with Crippen LogP contribution in [0.5, 0.6) is 0 Å². The van der Waals surface area contributed by atoms with Crippen LogP contribution in [0.4, 0.5) is 18.9 Å². The van der Waals surface area contributed by atoms with Gasteiger partial charge in [0, 0.05) is 27.5 Å². The first-order chi connectivity index (χ1) is 15.5. The van der Waals surface area contributed by atoms with Gasteiger partial charge in [0.2, 0.25) is 5.60 Å². The van der Waals surface area contributed by atoms with Gasteiger partial charge in [-0.15, -0.1) is 0 Å². The standard InChI is InChI=1S/C23H20Cl2F3N3O2/c1-14-8-18(5-6-20(14)21(32)30-12-19-4-2-3-7-29-19)31-13-22(33,23(26,27)28)15-9-16(24)11-17(25)10-15/h2-11,31,33H,12-13H2,1H3,(H,30,32). The Labute approximate surface area is 198 Å². The fourth-order valence-corrected chi connectivity index (χ4v) is 3.71. The highest BCUT2D eigenvalue weighted by atomic mass is 35.5. The molecule has 1 heterocycles. The Kier molecular flexibility index (Phi) is 7.51. The second-order valence-corrected chi connectivity index (χ2v) is 8.28. The smallest absolute Gasteiger partial charge is 0.381 e. The fraction of sp³-hybridized carbons (Fsp3) is 0.217. The highest BCUT2D eigenvalue weighted by molar-refractivity contribution is 6.34. The van der Waals surface area contributed by atoms with E-state index in [1.54, 1.807) is 31.3 Å². The summed E-state index contributed by atoms with van der Waals surface area (Å²) in [6, 6.07) is 13.1. The molecule has 3 rings (SSSR count). The molecule has 1 atom stereocenters.